The summed E-state index contributed by atoms with van der Waals surface area (Å²) in [5.41, 5.74) is -0.222. The van der Waals surface area contributed by atoms with Gasteiger partial charge < -0.3 is 4.55 Å². The van der Waals surface area contributed by atoms with Crippen molar-refractivity contribution < 1.29 is 8.76 Å². The number of hydrogen-bond donors (Lipinski definition) is 0. The first kappa shape index (κ1) is 8.67. The summed E-state index contributed by atoms with van der Waals surface area (Å²) in [5, 5.41) is 2.05. The van der Waals surface area contributed by atoms with Gasteiger partial charge in [0.1, 0.15) is 0 Å². The molecule has 0 aliphatic carbocycles. The second-order valence-corrected chi connectivity index (χ2v) is 3.39. The Kier molecular flexibility index (Phi) is 2.89. The maximum absolute atomic E-state index is 9.87. The van der Waals surface area contributed by atoms with Crippen LogP contribution < -0.4 is 0 Å². The van der Waals surface area contributed by atoms with E-state index in [-0.39, 0.29) is 5.41 Å². The van der Waals surface area contributed by atoms with Crippen LogP contribution in [-0.2, 0) is 11.1 Å². The van der Waals surface area contributed by atoms with Gasteiger partial charge in [-0.1, -0.05) is 5.92 Å². The summed E-state index contributed by atoms with van der Waals surface area (Å²) in [6.45, 7) is 5.56. The molecule has 1 atom stereocenters. The van der Waals surface area contributed by atoms with Crippen LogP contribution in [0.3, 0.4) is 0 Å². The Morgan fingerprint density at radius 1 is 1.44 bits per heavy atom. The van der Waals surface area contributed by atoms with E-state index < -0.39 is 11.1 Å². The molecule has 0 saturated carbocycles. The second-order valence-electron chi connectivity index (χ2n) is 2.71. The van der Waals surface area contributed by atoms with Gasteiger partial charge in [-0.05, 0) is 26.0 Å². The minimum absolute atomic E-state index is 0.222. The molecule has 0 amide bonds. The van der Waals surface area contributed by atoms with Gasteiger partial charge in [0, 0.05) is 16.5 Å². The van der Waals surface area contributed by atoms with Crippen molar-refractivity contribution in [2.24, 2.45) is 5.41 Å². The van der Waals surface area contributed by atoms with E-state index in [1.54, 1.807) is 0 Å². The molecule has 0 aromatic rings. The SMILES string of the molecule is CC(C)(C)C#CS(=O)[O-]. The minimum atomic E-state index is -2.22. The standard InChI is InChI=1S/C6H10O2S/c1-6(2,3)4-5-9(7)8/h1-3H3,(H,7,8)/p-1. The highest BCUT2D eigenvalue weighted by Gasteiger charge is 2.02. The average Bonchev–Trinajstić information content (AvgIpc) is 1.59. The molecule has 0 heterocycles. The second kappa shape index (κ2) is 3.00. The predicted octanol–water partition coefficient (Wildman–Crippen LogP) is 0.873. The monoisotopic (exact) mass is 145 g/mol. The molecule has 0 bridgehead atoms. The summed E-state index contributed by atoms with van der Waals surface area (Å²) in [6, 6.07) is 0. The summed E-state index contributed by atoms with van der Waals surface area (Å²) in [5.74, 6) is 2.56. The fourth-order valence-electron chi connectivity index (χ4n) is 0.195. The van der Waals surface area contributed by atoms with Gasteiger partial charge in [-0.15, -0.1) is 0 Å². The van der Waals surface area contributed by atoms with Crippen LogP contribution in [0, 0.1) is 16.6 Å². The Balaban J connectivity index is 4.04. The van der Waals surface area contributed by atoms with E-state index in [9.17, 15) is 8.76 Å². The van der Waals surface area contributed by atoms with Gasteiger partial charge in [-0.25, -0.2) is 0 Å². The molecule has 52 valence electrons. The lowest BCUT2D eigenvalue weighted by Gasteiger charge is -2.06. The van der Waals surface area contributed by atoms with E-state index in [1.165, 1.54) is 0 Å². The normalized spacial score (nSPS) is 13.8. The average molecular weight is 145 g/mol. The third-order valence-electron chi connectivity index (χ3n) is 0.509. The molecule has 0 rings (SSSR count). The van der Waals surface area contributed by atoms with Crippen LogP contribution in [0.4, 0.5) is 0 Å². The first-order valence-corrected chi connectivity index (χ1v) is 3.61. The highest BCUT2D eigenvalue weighted by molar-refractivity contribution is 7.84. The molecule has 0 aromatic heterocycles. The van der Waals surface area contributed by atoms with Gasteiger partial charge in [0.15, 0.2) is 0 Å². The lowest BCUT2D eigenvalue weighted by Crippen LogP contribution is -1.99. The summed E-state index contributed by atoms with van der Waals surface area (Å²) in [7, 11) is 0. The van der Waals surface area contributed by atoms with Crippen molar-refractivity contribution in [1.29, 1.82) is 0 Å². The molecule has 0 aliphatic rings. The van der Waals surface area contributed by atoms with E-state index in [0.717, 1.165) is 0 Å². The van der Waals surface area contributed by atoms with Crippen LogP contribution in [0.1, 0.15) is 20.8 Å². The van der Waals surface area contributed by atoms with Crippen LogP contribution in [0.2, 0.25) is 0 Å². The molecule has 0 radical (unpaired) electrons. The maximum Gasteiger partial charge on any atom is 0.0247 e. The smallest absolute Gasteiger partial charge is 0.0247 e. The van der Waals surface area contributed by atoms with Crippen molar-refractivity contribution in [3.63, 3.8) is 0 Å². The summed E-state index contributed by atoms with van der Waals surface area (Å²) >= 11 is -2.22. The zero-order valence-corrected chi connectivity index (χ0v) is 6.54. The zero-order chi connectivity index (χ0) is 7.49. The first-order chi connectivity index (χ1) is 3.92. The van der Waals surface area contributed by atoms with E-state index in [1.807, 2.05) is 20.8 Å². The van der Waals surface area contributed by atoms with E-state index >= 15 is 0 Å². The predicted molar refractivity (Wildman–Crippen MR) is 36.2 cm³/mol. The fourth-order valence-corrected chi connectivity index (χ4v) is 0.584. The molecular weight excluding hydrogens is 136 g/mol. The molecule has 0 spiro atoms. The number of hydrogen-bond acceptors (Lipinski definition) is 2. The van der Waals surface area contributed by atoms with Crippen LogP contribution in [-0.4, -0.2) is 8.76 Å². The number of rotatable bonds is 0. The highest BCUT2D eigenvalue weighted by atomic mass is 32.2. The molecular formula is C6H9O2S-. The van der Waals surface area contributed by atoms with Crippen molar-refractivity contribution in [2.45, 2.75) is 20.8 Å². The largest absolute Gasteiger partial charge is 0.762 e. The summed E-state index contributed by atoms with van der Waals surface area (Å²) in [6.07, 6.45) is 0. The first-order valence-electron chi connectivity index (χ1n) is 2.54. The van der Waals surface area contributed by atoms with Crippen LogP contribution >= 0.6 is 0 Å². The van der Waals surface area contributed by atoms with Crippen LogP contribution in [0.15, 0.2) is 0 Å². The molecule has 1 unspecified atom stereocenters. The van der Waals surface area contributed by atoms with Crippen molar-refractivity contribution >= 4 is 11.1 Å². The third-order valence-corrected chi connectivity index (χ3v) is 0.778. The van der Waals surface area contributed by atoms with Crippen molar-refractivity contribution in [1.82, 2.24) is 0 Å². The molecule has 0 fully saturated rings. The molecule has 0 aliphatic heterocycles. The minimum Gasteiger partial charge on any atom is -0.762 e. The quantitative estimate of drug-likeness (QED) is 0.375. The zero-order valence-electron chi connectivity index (χ0n) is 5.72. The fraction of sp³-hybridized carbons (Fsp3) is 0.667. The van der Waals surface area contributed by atoms with Gasteiger partial charge in [-0.2, -0.15) is 0 Å². The Hall–Kier alpha value is -0.330. The Morgan fingerprint density at radius 3 is 2.00 bits per heavy atom. The molecule has 3 heteroatoms. The Labute approximate surface area is 57.9 Å². The summed E-state index contributed by atoms with van der Waals surface area (Å²) in [4.78, 5) is 0. The van der Waals surface area contributed by atoms with Gasteiger partial charge in [-0.3, -0.25) is 4.21 Å². The van der Waals surface area contributed by atoms with Crippen molar-refractivity contribution in [2.75, 3.05) is 0 Å². The molecule has 9 heavy (non-hydrogen) atoms. The van der Waals surface area contributed by atoms with Crippen molar-refractivity contribution in [3.05, 3.63) is 0 Å². The third kappa shape index (κ3) is 7.67. The molecule has 0 aromatic carbocycles. The topological polar surface area (TPSA) is 40.1 Å². The van der Waals surface area contributed by atoms with E-state index in [4.69, 9.17) is 0 Å². The van der Waals surface area contributed by atoms with Gasteiger partial charge in [0.25, 0.3) is 0 Å². The van der Waals surface area contributed by atoms with Crippen LogP contribution in [0.25, 0.3) is 0 Å². The molecule has 2 nitrogen and oxygen atoms in total. The van der Waals surface area contributed by atoms with Gasteiger partial charge in [0.2, 0.25) is 0 Å². The Bertz CT molecular complexity index is 168. The van der Waals surface area contributed by atoms with E-state index in [2.05, 4.69) is 11.2 Å². The summed E-state index contributed by atoms with van der Waals surface area (Å²) < 4.78 is 19.7. The van der Waals surface area contributed by atoms with Crippen LogP contribution in [0.5, 0.6) is 0 Å². The van der Waals surface area contributed by atoms with Gasteiger partial charge in [0.05, 0.1) is 0 Å². The Morgan fingerprint density at radius 2 is 1.89 bits per heavy atom. The van der Waals surface area contributed by atoms with E-state index in [0.29, 0.717) is 0 Å². The molecule has 0 N–H and O–H groups in total. The lowest BCUT2D eigenvalue weighted by atomic mass is 9.99. The maximum atomic E-state index is 9.87. The lowest BCUT2D eigenvalue weighted by molar-refractivity contribution is 0.546. The van der Waals surface area contributed by atoms with Gasteiger partial charge >= 0.3 is 0 Å². The highest BCUT2D eigenvalue weighted by Crippen LogP contribution is 2.09. The van der Waals surface area contributed by atoms with Crippen molar-refractivity contribution in [3.8, 4) is 11.2 Å². The molecule has 0 saturated heterocycles.